The highest BCUT2D eigenvalue weighted by Crippen LogP contribution is 2.31. The first-order valence-electron chi connectivity index (χ1n) is 8.54. The number of hydrogen-bond acceptors (Lipinski definition) is 6. The number of nitrogens with zero attached hydrogens (tertiary/aromatic N) is 3. The van der Waals surface area contributed by atoms with E-state index in [1.807, 2.05) is 0 Å². The summed E-state index contributed by atoms with van der Waals surface area (Å²) < 4.78 is 12.5. The number of anilines is 1. The second kappa shape index (κ2) is 7.03. The number of benzene rings is 2. The molecular formula is C19H16N4O5. The van der Waals surface area contributed by atoms with Crippen LogP contribution < -0.4 is 14.8 Å². The number of non-ortho nitro benzene ring substituents is 1. The van der Waals surface area contributed by atoms with Gasteiger partial charge in [0.25, 0.3) is 11.6 Å². The standard InChI is InChI=1S/C19H16N4O5/c1-12-10-18(22(21-12)14-3-5-15(6-4-14)23(25)26)20-19(24)13-2-7-16-17(11-13)28-9-8-27-16/h2-7,10-11H,8-9H2,1H3,(H,20,24). The van der Waals surface area contributed by atoms with E-state index in [0.717, 1.165) is 0 Å². The van der Waals surface area contributed by atoms with Gasteiger partial charge in [-0.05, 0) is 37.3 Å². The van der Waals surface area contributed by atoms with Crippen molar-refractivity contribution >= 4 is 17.4 Å². The summed E-state index contributed by atoms with van der Waals surface area (Å²) in [4.78, 5) is 23.1. The molecule has 9 nitrogen and oxygen atoms in total. The molecule has 1 aliphatic heterocycles. The van der Waals surface area contributed by atoms with Gasteiger partial charge in [-0.2, -0.15) is 5.10 Å². The lowest BCUT2D eigenvalue weighted by molar-refractivity contribution is -0.384. The number of nitro groups is 1. The summed E-state index contributed by atoms with van der Waals surface area (Å²) in [5, 5.41) is 18.0. The molecule has 28 heavy (non-hydrogen) atoms. The summed E-state index contributed by atoms with van der Waals surface area (Å²) in [6, 6.07) is 12.6. The third-order valence-electron chi connectivity index (χ3n) is 4.18. The predicted octanol–water partition coefficient (Wildman–Crippen LogP) is 3.11. The van der Waals surface area contributed by atoms with E-state index in [9.17, 15) is 14.9 Å². The minimum absolute atomic E-state index is 0.0190. The van der Waals surface area contributed by atoms with E-state index in [1.165, 1.54) is 16.8 Å². The van der Waals surface area contributed by atoms with Crippen LogP contribution in [0.4, 0.5) is 11.5 Å². The summed E-state index contributed by atoms with van der Waals surface area (Å²) >= 11 is 0. The Balaban J connectivity index is 1.60. The second-order valence-electron chi connectivity index (χ2n) is 6.17. The van der Waals surface area contributed by atoms with Crippen LogP contribution in [0.5, 0.6) is 11.5 Å². The molecule has 9 heteroatoms. The van der Waals surface area contributed by atoms with Gasteiger partial charge >= 0.3 is 0 Å². The first kappa shape index (κ1) is 17.5. The van der Waals surface area contributed by atoms with E-state index in [4.69, 9.17) is 9.47 Å². The molecule has 4 rings (SSSR count). The molecule has 1 amide bonds. The molecule has 1 aliphatic rings. The maximum absolute atomic E-state index is 12.7. The monoisotopic (exact) mass is 380 g/mol. The van der Waals surface area contributed by atoms with Gasteiger partial charge in [0, 0.05) is 23.8 Å². The topological polar surface area (TPSA) is 109 Å². The number of carbonyl (C=O) groups is 1. The zero-order chi connectivity index (χ0) is 19.7. The Hall–Kier alpha value is -3.88. The predicted molar refractivity (Wildman–Crippen MR) is 100 cm³/mol. The normalized spacial score (nSPS) is 12.5. The fraction of sp³-hybridized carbons (Fsp3) is 0.158. The SMILES string of the molecule is Cc1cc(NC(=O)c2ccc3c(c2)OCCO3)n(-c2ccc([N+](=O)[O-])cc2)n1. The molecule has 0 radical (unpaired) electrons. The molecular weight excluding hydrogens is 364 g/mol. The van der Waals surface area contributed by atoms with Gasteiger partial charge in [0.2, 0.25) is 0 Å². The van der Waals surface area contributed by atoms with Crippen molar-refractivity contribution in [3.63, 3.8) is 0 Å². The van der Waals surface area contributed by atoms with Crippen molar-refractivity contribution in [3.8, 4) is 17.2 Å². The fourth-order valence-corrected chi connectivity index (χ4v) is 2.87. The Bertz CT molecular complexity index is 1060. The number of nitrogens with one attached hydrogen (secondary N) is 1. The molecule has 142 valence electrons. The molecule has 1 aromatic heterocycles. The van der Waals surface area contributed by atoms with Crippen molar-refractivity contribution in [1.29, 1.82) is 0 Å². The molecule has 2 heterocycles. The third kappa shape index (κ3) is 3.37. The van der Waals surface area contributed by atoms with Crippen LogP contribution >= 0.6 is 0 Å². The first-order chi connectivity index (χ1) is 13.5. The number of fused-ring (bicyclic) bond motifs is 1. The van der Waals surface area contributed by atoms with E-state index in [2.05, 4.69) is 10.4 Å². The maximum Gasteiger partial charge on any atom is 0.269 e. The lowest BCUT2D eigenvalue weighted by atomic mass is 10.2. The highest BCUT2D eigenvalue weighted by Gasteiger charge is 2.17. The third-order valence-corrected chi connectivity index (χ3v) is 4.18. The summed E-state index contributed by atoms with van der Waals surface area (Å²) in [5.41, 5.74) is 1.68. The van der Waals surface area contributed by atoms with Gasteiger partial charge in [-0.1, -0.05) is 0 Å². The zero-order valence-electron chi connectivity index (χ0n) is 14.9. The van der Waals surface area contributed by atoms with Gasteiger partial charge in [0.15, 0.2) is 11.5 Å². The first-order valence-corrected chi connectivity index (χ1v) is 8.54. The highest BCUT2D eigenvalue weighted by atomic mass is 16.6. The minimum Gasteiger partial charge on any atom is -0.486 e. The van der Waals surface area contributed by atoms with Crippen molar-refractivity contribution < 1.29 is 19.2 Å². The molecule has 0 bridgehead atoms. The van der Waals surface area contributed by atoms with Crippen LogP contribution in [0.1, 0.15) is 16.1 Å². The number of carbonyl (C=O) groups excluding carboxylic acids is 1. The van der Waals surface area contributed by atoms with Gasteiger partial charge in [-0.3, -0.25) is 14.9 Å². The lowest BCUT2D eigenvalue weighted by Crippen LogP contribution is -2.18. The molecule has 0 aliphatic carbocycles. The Morgan fingerprint density at radius 1 is 1.11 bits per heavy atom. The van der Waals surface area contributed by atoms with Crippen LogP contribution in [-0.2, 0) is 0 Å². The van der Waals surface area contributed by atoms with Crippen molar-refractivity contribution in [1.82, 2.24) is 9.78 Å². The molecule has 0 atom stereocenters. The van der Waals surface area contributed by atoms with Crippen molar-refractivity contribution in [2.75, 3.05) is 18.5 Å². The van der Waals surface area contributed by atoms with Gasteiger partial charge in [-0.25, -0.2) is 4.68 Å². The summed E-state index contributed by atoms with van der Waals surface area (Å²) in [6.07, 6.45) is 0. The van der Waals surface area contributed by atoms with Gasteiger partial charge in [-0.15, -0.1) is 0 Å². The molecule has 1 N–H and O–H groups in total. The summed E-state index contributed by atoms with van der Waals surface area (Å²) in [6.45, 7) is 2.71. The number of aromatic nitrogens is 2. The maximum atomic E-state index is 12.7. The van der Waals surface area contributed by atoms with Crippen molar-refractivity contribution in [3.05, 3.63) is 69.9 Å². The number of nitro benzene ring substituents is 1. The second-order valence-corrected chi connectivity index (χ2v) is 6.17. The molecule has 0 spiro atoms. The van der Waals surface area contributed by atoms with E-state index < -0.39 is 4.92 Å². The van der Waals surface area contributed by atoms with Crippen molar-refractivity contribution in [2.45, 2.75) is 6.92 Å². The zero-order valence-corrected chi connectivity index (χ0v) is 14.9. The van der Waals surface area contributed by atoms with Crippen LogP contribution in [0.15, 0.2) is 48.5 Å². The smallest absolute Gasteiger partial charge is 0.269 e. The molecule has 0 saturated heterocycles. The van der Waals surface area contributed by atoms with Gasteiger partial charge in [0.05, 0.1) is 16.3 Å². The van der Waals surface area contributed by atoms with Crippen LogP contribution in [0.3, 0.4) is 0 Å². The van der Waals surface area contributed by atoms with E-state index in [0.29, 0.717) is 47.5 Å². The average molecular weight is 380 g/mol. The average Bonchev–Trinajstić information content (AvgIpc) is 3.07. The Morgan fingerprint density at radius 3 is 2.54 bits per heavy atom. The van der Waals surface area contributed by atoms with Gasteiger partial charge < -0.3 is 14.8 Å². The van der Waals surface area contributed by atoms with Crippen molar-refractivity contribution in [2.24, 2.45) is 0 Å². The number of hydrogen-bond donors (Lipinski definition) is 1. The van der Waals surface area contributed by atoms with Gasteiger partial charge in [0.1, 0.15) is 19.0 Å². The molecule has 2 aromatic carbocycles. The minimum atomic E-state index is -0.470. The van der Waals surface area contributed by atoms with E-state index in [1.54, 1.807) is 43.3 Å². The largest absolute Gasteiger partial charge is 0.486 e. The highest BCUT2D eigenvalue weighted by molar-refractivity contribution is 6.04. The quantitative estimate of drug-likeness (QED) is 0.550. The Morgan fingerprint density at radius 2 is 1.82 bits per heavy atom. The fourth-order valence-electron chi connectivity index (χ4n) is 2.87. The van der Waals surface area contributed by atoms with Crippen LogP contribution in [0.2, 0.25) is 0 Å². The molecule has 0 saturated carbocycles. The Kier molecular flexibility index (Phi) is 4.40. The molecule has 0 fully saturated rings. The summed E-state index contributed by atoms with van der Waals surface area (Å²) in [5.74, 6) is 1.25. The number of aryl methyl sites for hydroxylation is 1. The van der Waals surface area contributed by atoms with E-state index >= 15 is 0 Å². The number of rotatable bonds is 4. The van der Waals surface area contributed by atoms with Crippen LogP contribution in [0.25, 0.3) is 5.69 Å². The number of amides is 1. The number of ether oxygens (including phenoxy) is 2. The molecule has 0 unspecified atom stereocenters. The van der Waals surface area contributed by atoms with E-state index in [-0.39, 0.29) is 11.6 Å². The lowest BCUT2D eigenvalue weighted by Gasteiger charge is -2.18. The van der Waals surface area contributed by atoms with Crippen LogP contribution in [0, 0.1) is 17.0 Å². The Labute approximate surface area is 159 Å². The summed E-state index contributed by atoms with van der Waals surface area (Å²) in [7, 11) is 0. The molecule has 3 aromatic rings. The van der Waals surface area contributed by atoms with Crippen LogP contribution in [-0.4, -0.2) is 33.8 Å².